The van der Waals surface area contributed by atoms with Gasteiger partial charge in [0.15, 0.2) is 0 Å². The minimum absolute atomic E-state index is 0.101. The lowest BCUT2D eigenvalue weighted by atomic mass is 9.99. The Morgan fingerprint density at radius 1 is 1.39 bits per heavy atom. The molecule has 1 fully saturated rings. The predicted molar refractivity (Wildman–Crippen MR) is 74.9 cm³/mol. The molecule has 96 valence electrons. The summed E-state index contributed by atoms with van der Waals surface area (Å²) in [6, 6.07) is 7.54. The van der Waals surface area contributed by atoms with Crippen molar-refractivity contribution in [1.82, 2.24) is 4.90 Å². The number of hydrogen-bond acceptors (Lipinski definition) is 2. The number of nitrogens with zero attached hydrogens (tertiary/aromatic N) is 1. The zero-order chi connectivity index (χ0) is 13.0. The molecule has 0 bridgehead atoms. The Balaban J connectivity index is 1.94. The molecule has 1 saturated heterocycles. The molecular weight excluding hydrogens is 224 g/mol. The third-order valence-corrected chi connectivity index (χ3v) is 3.42. The molecule has 1 aromatic carbocycles. The molecule has 1 aromatic rings. The minimum atomic E-state index is 0.101. The van der Waals surface area contributed by atoms with Crippen LogP contribution in [-0.4, -0.2) is 23.9 Å². The molecule has 1 heterocycles. The number of likely N-dealkylation sites (tertiary alicyclic amines) is 1. The molecule has 2 rings (SSSR count). The number of amides is 1. The summed E-state index contributed by atoms with van der Waals surface area (Å²) in [5.41, 5.74) is 7.38. The molecule has 0 saturated carbocycles. The van der Waals surface area contributed by atoms with E-state index >= 15 is 0 Å². The number of carbonyl (C=O) groups excluding carboxylic acids is 1. The van der Waals surface area contributed by atoms with Gasteiger partial charge in [-0.2, -0.15) is 0 Å². The molecule has 0 unspecified atom stereocenters. The number of hydrogen-bond donors (Lipinski definition) is 1. The first-order valence-electron chi connectivity index (χ1n) is 6.47. The van der Waals surface area contributed by atoms with E-state index in [1.165, 1.54) is 0 Å². The van der Waals surface area contributed by atoms with Gasteiger partial charge in [-0.3, -0.25) is 4.79 Å². The van der Waals surface area contributed by atoms with Crippen molar-refractivity contribution in [3.63, 3.8) is 0 Å². The van der Waals surface area contributed by atoms with Crippen LogP contribution >= 0.6 is 0 Å². The van der Waals surface area contributed by atoms with Crippen LogP contribution < -0.4 is 5.73 Å². The van der Waals surface area contributed by atoms with Crippen molar-refractivity contribution >= 4 is 17.7 Å². The average molecular weight is 244 g/mol. The van der Waals surface area contributed by atoms with E-state index in [1.807, 2.05) is 35.2 Å². The van der Waals surface area contributed by atoms with Crippen LogP contribution in [0.4, 0.5) is 5.69 Å². The number of nitrogens with two attached hydrogens (primary N) is 1. The van der Waals surface area contributed by atoms with Gasteiger partial charge in [0.25, 0.3) is 0 Å². The Labute approximate surface area is 108 Å². The lowest BCUT2D eigenvalue weighted by molar-refractivity contribution is -0.127. The molecule has 1 aliphatic heterocycles. The van der Waals surface area contributed by atoms with Gasteiger partial charge in [0.1, 0.15) is 0 Å². The van der Waals surface area contributed by atoms with E-state index in [4.69, 9.17) is 5.73 Å². The summed E-state index contributed by atoms with van der Waals surface area (Å²) in [5, 5.41) is 0. The summed E-state index contributed by atoms with van der Waals surface area (Å²) < 4.78 is 0. The highest BCUT2D eigenvalue weighted by Gasteiger charge is 2.18. The fourth-order valence-electron chi connectivity index (χ4n) is 2.16. The van der Waals surface area contributed by atoms with E-state index in [0.29, 0.717) is 0 Å². The molecule has 0 aromatic heterocycles. The Hall–Kier alpha value is -1.77. The van der Waals surface area contributed by atoms with E-state index in [2.05, 4.69) is 6.92 Å². The summed E-state index contributed by atoms with van der Waals surface area (Å²) in [4.78, 5) is 13.9. The molecule has 3 nitrogen and oxygen atoms in total. The summed E-state index contributed by atoms with van der Waals surface area (Å²) in [7, 11) is 0. The number of nitrogen functional groups attached to an aromatic ring is 1. The predicted octanol–water partition coefficient (Wildman–Crippen LogP) is 2.54. The first-order valence-corrected chi connectivity index (χ1v) is 6.47. The van der Waals surface area contributed by atoms with Crippen LogP contribution in [0.2, 0.25) is 0 Å². The van der Waals surface area contributed by atoms with Gasteiger partial charge in [0.2, 0.25) is 5.91 Å². The zero-order valence-electron chi connectivity index (χ0n) is 10.8. The molecule has 1 aliphatic rings. The van der Waals surface area contributed by atoms with Crippen molar-refractivity contribution in [3.8, 4) is 0 Å². The van der Waals surface area contributed by atoms with Gasteiger partial charge in [0, 0.05) is 24.9 Å². The lowest BCUT2D eigenvalue weighted by Crippen LogP contribution is -2.36. The highest BCUT2D eigenvalue weighted by atomic mass is 16.2. The second-order valence-electron chi connectivity index (χ2n) is 5.01. The molecule has 1 amide bonds. The highest BCUT2D eigenvalue weighted by Crippen LogP contribution is 2.16. The normalized spacial score (nSPS) is 17.3. The van der Waals surface area contributed by atoms with Gasteiger partial charge in [-0.15, -0.1) is 0 Å². The van der Waals surface area contributed by atoms with Crippen molar-refractivity contribution in [2.75, 3.05) is 18.8 Å². The maximum Gasteiger partial charge on any atom is 0.246 e. The number of carbonyl (C=O) groups is 1. The fraction of sp³-hybridized carbons (Fsp3) is 0.400. The van der Waals surface area contributed by atoms with Crippen LogP contribution in [-0.2, 0) is 4.79 Å². The number of anilines is 1. The Kier molecular flexibility index (Phi) is 4.03. The van der Waals surface area contributed by atoms with Gasteiger partial charge in [-0.1, -0.05) is 19.1 Å². The Morgan fingerprint density at radius 2 is 2.11 bits per heavy atom. The maximum absolute atomic E-state index is 12.0. The Morgan fingerprint density at radius 3 is 2.78 bits per heavy atom. The van der Waals surface area contributed by atoms with Crippen LogP contribution in [0.25, 0.3) is 6.08 Å². The molecule has 18 heavy (non-hydrogen) atoms. The van der Waals surface area contributed by atoms with E-state index in [9.17, 15) is 4.79 Å². The van der Waals surface area contributed by atoms with Crippen LogP contribution in [0.15, 0.2) is 30.3 Å². The first-order chi connectivity index (χ1) is 8.65. The van der Waals surface area contributed by atoms with Crippen LogP contribution in [0, 0.1) is 5.92 Å². The molecule has 2 N–H and O–H groups in total. The monoisotopic (exact) mass is 244 g/mol. The van der Waals surface area contributed by atoms with Crippen LogP contribution in [0.5, 0.6) is 0 Å². The van der Waals surface area contributed by atoms with Gasteiger partial charge in [-0.25, -0.2) is 0 Å². The summed E-state index contributed by atoms with van der Waals surface area (Å²) in [6.45, 7) is 3.99. The molecule has 0 spiro atoms. The van der Waals surface area contributed by atoms with Crippen molar-refractivity contribution in [3.05, 3.63) is 35.9 Å². The van der Waals surface area contributed by atoms with Crippen LogP contribution in [0.1, 0.15) is 25.3 Å². The fourth-order valence-corrected chi connectivity index (χ4v) is 2.16. The summed E-state index contributed by atoms with van der Waals surface area (Å²) in [6.07, 6.45) is 5.69. The standard InChI is InChI=1S/C15H20N2O/c1-12-7-9-17(10-8-12)15(18)6-5-13-3-2-4-14(16)11-13/h2-6,11-12H,7-10,16H2,1H3/b6-5+. The largest absolute Gasteiger partial charge is 0.399 e. The molecular formula is C15H20N2O. The van der Waals surface area contributed by atoms with Gasteiger partial charge in [0.05, 0.1) is 0 Å². The smallest absolute Gasteiger partial charge is 0.246 e. The van der Waals surface area contributed by atoms with E-state index in [-0.39, 0.29) is 5.91 Å². The second kappa shape index (κ2) is 5.71. The third kappa shape index (κ3) is 3.36. The summed E-state index contributed by atoms with van der Waals surface area (Å²) in [5.74, 6) is 0.844. The molecule has 3 heteroatoms. The first kappa shape index (κ1) is 12.7. The molecule has 0 aliphatic carbocycles. The number of rotatable bonds is 2. The van der Waals surface area contributed by atoms with Crippen LogP contribution in [0.3, 0.4) is 0 Å². The van der Waals surface area contributed by atoms with Gasteiger partial charge >= 0.3 is 0 Å². The maximum atomic E-state index is 12.0. The summed E-state index contributed by atoms with van der Waals surface area (Å²) >= 11 is 0. The van der Waals surface area contributed by atoms with Crippen molar-refractivity contribution in [2.45, 2.75) is 19.8 Å². The van der Waals surface area contributed by atoms with Crippen molar-refractivity contribution in [1.29, 1.82) is 0 Å². The number of piperidine rings is 1. The topological polar surface area (TPSA) is 46.3 Å². The molecule has 0 atom stereocenters. The highest BCUT2D eigenvalue weighted by molar-refractivity contribution is 5.91. The van der Waals surface area contributed by atoms with Crippen molar-refractivity contribution in [2.24, 2.45) is 5.92 Å². The minimum Gasteiger partial charge on any atom is -0.399 e. The number of benzene rings is 1. The third-order valence-electron chi connectivity index (χ3n) is 3.42. The average Bonchev–Trinajstić information content (AvgIpc) is 2.37. The van der Waals surface area contributed by atoms with Gasteiger partial charge in [-0.05, 0) is 42.5 Å². The zero-order valence-corrected chi connectivity index (χ0v) is 10.8. The van der Waals surface area contributed by atoms with Crippen molar-refractivity contribution < 1.29 is 4.79 Å². The van der Waals surface area contributed by atoms with E-state index < -0.39 is 0 Å². The second-order valence-corrected chi connectivity index (χ2v) is 5.01. The Bertz CT molecular complexity index is 446. The van der Waals surface area contributed by atoms with E-state index in [1.54, 1.807) is 6.08 Å². The quantitative estimate of drug-likeness (QED) is 0.642. The lowest BCUT2D eigenvalue weighted by Gasteiger charge is -2.29. The molecule has 0 radical (unpaired) electrons. The van der Waals surface area contributed by atoms with E-state index in [0.717, 1.165) is 43.1 Å². The SMILES string of the molecule is CC1CCN(C(=O)/C=C/c2cccc(N)c2)CC1. The van der Waals surface area contributed by atoms with Gasteiger partial charge < -0.3 is 10.6 Å².